The smallest absolute Gasteiger partial charge is 0.302 e. The Bertz CT molecular complexity index is 197. The first-order valence-corrected chi connectivity index (χ1v) is 4.27. The quantitative estimate of drug-likeness (QED) is 0.437. The van der Waals surface area contributed by atoms with Crippen molar-refractivity contribution in [3.63, 3.8) is 0 Å². The van der Waals surface area contributed by atoms with Crippen LogP contribution < -0.4 is 0 Å². The Morgan fingerprint density at radius 3 is 2.54 bits per heavy atom. The third-order valence-corrected chi connectivity index (χ3v) is 2.35. The Kier molecular flexibility index (Phi) is 3.33. The molecular weight excluding hydrogens is 171 g/mol. The minimum absolute atomic E-state index is 0.126. The average molecular weight is 184 g/mol. The summed E-state index contributed by atoms with van der Waals surface area (Å²) in [6.07, 6.45) is -1.30. The normalized spacial score (nSPS) is 39.0. The molecule has 5 heteroatoms. The van der Waals surface area contributed by atoms with Crippen molar-refractivity contribution in [2.75, 3.05) is 6.61 Å². The van der Waals surface area contributed by atoms with Gasteiger partial charge in [0.25, 0.3) is 0 Å². The highest BCUT2D eigenvalue weighted by Gasteiger charge is 2.38. The van der Waals surface area contributed by atoms with Crippen LogP contribution in [0.4, 0.5) is 0 Å². The first kappa shape index (κ1) is 10.5. The fraction of sp³-hybridized carbons (Fsp3) is 0.875. The predicted molar refractivity (Wildman–Crippen MR) is 46.3 cm³/mol. The van der Waals surface area contributed by atoms with Crippen molar-refractivity contribution < 1.29 is 19.7 Å². The van der Waals surface area contributed by atoms with Crippen LogP contribution in [0, 0.1) is 5.92 Å². The van der Waals surface area contributed by atoms with Crippen molar-refractivity contribution in [3.05, 3.63) is 0 Å². The lowest BCUT2D eigenvalue weighted by atomic mass is 9.84. The molecule has 2 radical (unpaired) electrons. The summed E-state index contributed by atoms with van der Waals surface area (Å²) in [4.78, 5) is 10.5. The summed E-state index contributed by atoms with van der Waals surface area (Å²) in [6, 6.07) is 0. The van der Waals surface area contributed by atoms with Crippen LogP contribution in [0.5, 0.6) is 0 Å². The third kappa shape index (κ3) is 2.45. The minimum Gasteiger partial charge on any atom is -0.465 e. The van der Waals surface area contributed by atoms with Crippen LogP contribution in [-0.2, 0) is 9.53 Å². The predicted octanol–water partition coefficient (Wildman–Crippen LogP) is -0.752. The third-order valence-electron chi connectivity index (χ3n) is 2.35. The van der Waals surface area contributed by atoms with Gasteiger partial charge in [-0.3, -0.25) is 4.79 Å². The molecular formula is C8H13BO4. The van der Waals surface area contributed by atoms with E-state index in [0.717, 1.165) is 0 Å². The van der Waals surface area contributed by atoms with Gasteiger partial charge in [-0.05, 0) is 12.2 Å². The van der Waals surface area contributed by atoms with Gasteiger partial charge in [0.05, 0.1) is 26.7 Å². The average Bonchev–Trinajstić information content (AvgIpc) is 2.29. The maximum Gasteiger partial charge on any atom is 0.302 e. The zero-order chi connectivity index (χ0) is 10.0. The molecule has 0 spiro atoms. The Morgan fingerprint density at radius 1 is 1.54 bits per heavy atom. The van der Waals surface area contributed by atoms with Crippen LogP contribution in [-0.4, -0.2) is 42.8 Å². The summed E-state index contributed by atoms with van der Waals surface area (Å²) in [6.45, 7) is 1.43. The van der Waals surface area contributed by atoms with Crippen LogP contribution in [0.25, 0.3) is 0 Å². The van der Waals surface area contributed by atoms with Crippen molar-refractivity contribution in [2.45, 2.75) is 31.4 Å². The van der Waals surface area contributed by atoms with E-state index in [9.17, 15) is 15.0 Å². The van der Waals surface area contributed by atoms with Gasteiger partial charge in [0, 0.05) is 12.8 Å². The van der Waals surface area contributed by atoms with Gasteiger partial charge in [0.1, 0.15) is 0 Å². The van der Waals surface area contributed by atoms with E-state index in [-0.39, 0.29) is 18.5 Å². The Morgan fingerprint density at radius 2 is 2.15 bits per heavy atom. The molecule has 0 aromatic carbocycles. The number of hydrogen-bond acceptors (Lipinski definition) is 4. The van der Waals surface area contributed by atoms with Crippen LogP contribution >= 0.6 is 0 Å². The van der Waals surface area contributed by atoms with Crippen LogP contribution in [0.1, 0.15) is 13.3 Å². The molecule has 0 aliphatic heterocycles. The summed E-state index contributed by atoms with van der Waals surface area (Å²) >= 11 is 0. The molecule has 4 unspecified atom stereocenters. The van der Waals surface area contributed by atoms with Gasteiger partial charge in [-0.1, -0.05) is 0 Å². The first-order chi connectivity index (χ1) is 6.02. The van der Waals surface area contributed by atoms with E-state index in [0.29, 0.717) is 6.42 Å². The van der Waals surface area contributed by atoms with Gasteiger partial charge < -0.3 is 14.9 Å². The van der Waals surface area contributed by atoms with Crippen molar-refractivity contribution in [1.29, 1.82) is 0 Å². The molecule has 72 valence electrons. The summed E-state index contributed by atoms with van der Waals surface area (Å²) in [5, 5.41) is 18.7. The number of hydrogen-bond donors (Lipinski definition) is 2. The number of aliphatic hydroxyl groups excluding tert-OH is 2. The number of carbonyl (C=O) groups excluding carboxylic acids is 1. The summed E-state index contributed by atoms with van der Waals surface area (Å²) in [5.74, 6) is -1.05. The fourth-order valence-electron chi connectivity index (χ4n) is 1.55. The van der Waals surface area contributed by atoms with Crippen molar-refractivity contribution in [3.8, 4) is 0 Å². The van der Waals surface area contributed by atoms with Crippen molar-refractivity contribution in [2.24, 2.45) is 5.92 Å². The summed E-state index contributed by atoms with van der Waals surface area (Å²) < 4.78 is 4.73. The van der Waals surface area contributed by atoms with Crippen LogP contribution in [0.3, 0.4) is 0 Å². The highest BCUT2D eigenvalue weighted by molar-refractivity contribution is 6.12. The second-order valence-electron chi connectivity index (χ2n) is 3.44. The Balaban J connectivity index is 2.40. The lowest BCUT2D eigenvalue weighted by Crippen LogP contribution is -2.29. The number of aliphatic hydroxyl groups is 2. The molecule has 0 amide bonds. The van der Waals surface area contributed by atoms with Gasteiger partial charge in [0.2, 0.25) is 0 Å². The van der Waals surface area contributed by atoms with Gasteiger partial charge in [0.15, 0.2) is 0 Å². The van der Waals surface area contributed by atoms with Gasteiger partial charge in [-0.25, -0.2) is 0 Å². The highest BCUT2D eigenvalue weighted by Crippen LogP contribution is 2.33. The molecule has 0 saturated heterocycles. The molecule has 1 fully saturated rings. The maximum absolute atomic E-state index is 10.5. The topological polar surface area (TPSA) is 66.8 Å². The molecule has 2 N–H and O–H groups in total. The number of carbonyl (C=O) groups is 1. The van der Waals surface area contributed by atoms with E-state index in [1.54, 1.807) is 0 Å². The van der Waals surface area contributed by atoms with E-state index < -0.39 is 18.0 Å². The molecule has 0 heterocycles. The minimum atomic E-state index is -0.902. The Labute approximate surface area is 78.3 Å². The molecule has 13 heavy (non-hydrogen) atoms. The second kappa shape index (κ2) is 4.11. The SMILES string of the molecule is [B]C1CC(COC(C)=O)C(O)C1O. The van der Waals surface area contributed by atoms with E-state index in [1.165, 1.54) is 6.92 Å². The standard InChI is InChI=1S/C8H13BO4/c1-4(10)13-3-5-2-6(9)8(12)7(5)11/h5-8,11-12H,2-3H2,1H3. The molecule has 0 aromatic rings. The van der Waals surface area contributed by atoms with E-state index in [2.05, 4.69) is 0 Å². The second-order valence-corrected chi connectivity index (χ2v) is 3.44. The zero-order valence-electron chi connectivity index (χ0n) is 7.51. The van der Waals surface area contributed by atoms with Crippen molar-refractivity contribution in [1.82, 2.24) is 0 Å². The molecule has 1 rings (SSSR count). The zero-order valence-corrected chi connectivity index (χ0v) is 7.51. The molecule has 1 aliphatic rings. The molecule has 4 nitrogen and oxygen atoms in total. The first-order valence-electron chi connectivity index (χ1n) is 4.27. The van der Waals surface area contributed by atoms with Crippen molar-refractivity contribution >= 4 is 13.8 Å². The number of rotatable bonds is 2. The van der Waals surface area contributed by atoms with E-state index in [1.807, 2.05) is 0 Å². The number of ether oxygens (including phenoxy) is 1. The maximum atomic E-state index is 10.5. The summed E-state index contributed by atoms with van der Waals surface area (Å²) in [5.41, 5.74) is 0. The molecule has 0 bridgehead atoms. The van der Waals surface area contributed by atoms with E-state index >= 15 is 0 Å². The largest absolute Gasteiger partial charge is 0.465 e. The monoisotopic (exact) mass is 184 g/mol. The van der Waals surface area contributed by atoms with Gasteiger partial charge in [-0.15, -0.1) is 0 Å². The van der Waals surface area contributed by atoms with Gasteiger partial charge in [-0.2, -0.15) is 0 Å². The molecule has 4 atom stereocenters. The molecule has 0 aromatic heterocycles. The van der Waals surface area contributed by atoms with Gasteiger partial charge >= 0.3 is 5.97 Å². The fourth-order valence-corrected chi connectivity index (χ4v) is 1.55. The van der Waals surface area contributed by atoms with Crippen LogP contribution in [0.2, 0.25) is 5.82 Å². The Hall–Kier alpha value is -0.545. The lowest BCUT2D eigenvalue weighted by Gasteiger charge is -2.15. The summed E-state index contributed by atoms with van der Waals surface area (Å²) in [7, 11) is 5.51. The van der Waals surface area contributed by atoms with E-state index in [4.69, 9.17) is 12.6 Å². The van der Waals surface area contributed by atoms with Crippen LogP contribution in [0.15, 0.2) is 0 Å². The molecule has 1 saturated carbocycles. The molecule has 1 aliphatic carbocycles. The highest BCUT2D eigenvalue weighted by atomic mass is 16.5. The number of esters is 1. The lowest BCUT2D eigenvalue weighted by molar-refractivity contribution is -0.143.